The first-order valence-corrected chi connectivity index (χ1v) is 20.0. The summed E-state index contributed by atoms with van der Waals surface area (Å²) in [5.41, 5.74) is 6.56. The van der Waals surface area contributed by atoms with E-state index in [-0.39, 0.29) is 5.41 Å². The Morgan fingerprint density at radius 2 is 1.52 bits per heavy atom. The van der Waals surface area contributed by atoms with Gasteiger partial charge in [-0.25, -0.2) is 0 Å². The van der Waals surface area contributed by atoms with E-state index in [1.165, 1.54) is 53.2 Å². The molecule has 2 heterocycles. The van der Waals surface area contributed by atoms with Crippen molar-refractivity contribution < 1.29 is 0 Å². The predicted molar refractivity (Wildman–Crippen MR) is 151 cm³/mol. The second-order valence-electron chi connectivity index (χ2n) is 11.5. The quantitative estimate of drug-likeness (QED) is 0.216. The molecular formula is C30H33GeNS. The Balaban J connectivity index is 1.83. The minimum absolute atomic E-state index is 0.0561. The van der Waals surface area contributed by atoms with Crippen molar-refractivity contribution in [3.8, 4) is 11.3 Å². The van der Waals surface area contributed by atoms with Gasteiger partial charge in [-0.15, -0.1) is 0 Å². The first-order valence-electron chi connectivity index (χ1n) is 11.8. The molecule has 0 atom stereocenters. The molecule has 0 fully saturated rings. The van der Waals surface area contributed by atoms with Crippen molar-refractivity contribution in [1.82, 2.24) is 4.98 Å². The number of benzene rings is 3. The van der Waals surface area contributed by atoms with Gasteiger partial charge in [-0.1, -0.05) is 0 Å². The van der Waals surface area contributed by atoms with Gasteiger partial charge in [0.25, 0.3) is 0 Å². The first kappa shape index (κ1) is 22.6. The van der Waals surface area contributed by atoms with E-state index in [0.717, 1.165) is 5.69 Å². The van der Waals surface area contributed by atoms with Gasteiger partial charge < -0.3 is 0 Å². The molecular weight excluding hydrogens is 479 g/mol. The summed E-state index contributed by atoms with van der Waals surface area (Å²) in [6.45, 7) is 11.4. The van der Waals surface area contributed by atoms with E-state index in [4.69, 9.17) is 4.98 Å². The summed E-state index contributed by atoms with van der Waals surface area (Å²) in [7, 11) is 0. The van der Waals surface area contributed by atoms with E-state index in [1.54, 1.807) is 4.40 Å². The van der Waals surface area contributed by atoms with Crippen molar-refractivity contribution in [1.29, 1.82) is 0 Å². The number of fused-ring (bicyclic) bond motifs is 4. The number of rotatable bonds is 2. The zero-order valence-corrected chi connectivity index (χ0v) is 24.0. The Hall–Kier alpha value is -2.17. The van der Waals surface area contributed by atoms with Crippen LogP contribution in [0.25, 0.3) is 42.2 Å². The Bertz CT molecular complexity index is 1540. The summed E-state index contributed by atoms with van der Waals surface area (Å²) in [4.78, 5) is 4.94. The van der Waals surface area contributed by atoms with E-state index in [1.807, 2.05) is 17.5 Å². The van der Waals surface area contributed by atoms with Crippen LogP contribution in [0.2, 0.25) is 17.3 Å². The molecule has 0 aliphatic heterocycles. The molecule has 0 amide bonds. The van der Waals surface area contributed by atoms with Crippen molar-refractivity contribution in [2.45, 2.75) is 57.3 Å². The molecule has 3 aromatic carbocycles. The van der Waals surface area contributed by atoms with Gasteiger partial charge >= 0.3 is 198 Å². The Morgan fingerprint density at radius 3 is 2.21 bits per heavy atom. The summed E-state index contributed by atoms with van der Waals surface area (Å²) in [6, 6.07) is 18.5. The number of aryl methyl sites for hydroxylation is 2. The summed E-state index contributed by atoms with van der Waals surface area (Å²) in [5.74, 6) is 7.46. The molecule has 0 N–H and O–H groups in total. The van der Waals surface area contributed by atoms with Gasteiger partial charge in [0.15, 0.2) is 0 Å². The van der Waals surface area contributed by atoms with Gasteiger partial charge in [0.2, 0.25) is 0 Å². The van der Waals surface area contributed by atoms with Crippen LogP contribution in [-0.2, 0) is 5.41 Å². The molecule has 5 aromatic rings. The zero-order valence-electron chi connectivity index (χ0n) is 21.1. The second-order valence-corrected chi connectivity index (χ2v) is 23.1. The summed E-state index contributed by atoms with van der Waals surface area (Å²) in [5, 5.41) is 5.35. The fourth-order valence-electron chi connectivity index (χ4n) is 5.15. The predicted octanol–water partition coefficient (Wildman–Crippen LogP) is 8.73. The molecule has 0 spiro atoms. The zero-order chi connectivity index (χ0) is 23.7. The molecule has 33 heavy (non-hydrogen) atoms. The molecule has 0 aliphatic carbocycles. The average Bonchev–Trinajstić information content (AvgIpc) is 3.11. The molecule has 0 saturated heterocycles. The average molecular weight is 512 g/mol. The number of hydrogen-bond donors (Lipinski definition) is 0. The van der Waals surface area contributed by atoms with Crippen molar-refractivity contribution >= 4 is 59.9 Å². The van der Waals surface area contributed by atoms with Crippen LogP contribution < -0.4 is 4.40 Å². The molecule has 5 rings (SSSR count). The van der Waals surface area contributed by atoms with Gasteiger partial charge in [-0.2, -0.15) is 0 Å². The van der Waals surface area contributed by atoms with Crippen LogP contribution in [0.4, 0.5) is 0 Å². The molecule has 0 aliphatic rings. The van der Waals surface area contributed by atoms with Crippen LogP contribution in [-0.4, -0.2) is 18.3 Å². The van der Waals surface area contributed by atoms with E-state index >= 15 is 0 Å². The molecule has 0 radical (unpaired) electrons. The maximum atomic E-state index is 4.94. The SMILES string of the molecule is Cc1ccc2cc(-c3nccc4c3sc3c(C)[c]([Ge]([CH3])([CH3])[CH3])ccc34)cc(C(C)(C)C)c2c1. The number of hydrogen-bond acceptors (Lipinski definition) is 2. The number of thiophene rings is 1. The normalized spacial score (nSPS) is 12.8. The Morgan fingerprint density at radius 1 is 0.788 bits per heavy atom. The van der Waals surface area contributed by atoms with Crippen LogP contribution in [0.3, 0.4) is 0 Å². The summed E-state index contributed by atoms with van der Waals surface area (Å²) < 4.78 is 4.35. The summed E-state index contributed by atoms with van der Waals surface area (Å²) >= 11 is 0.000127. The number of pyridine rings is 1. The van der Waals surface area contributed by atoms with Crippen molar-refractivity contribution in [2.24, 2.45) is 0 Å². The molecule has 0 unspecified atom stereocenters. The molecule has 2 aromatic heterocycles. The van der Waals surface area contributed by atoms with Crippen molar-refractivity contribution in [2.75, 3.05) is 0 Å². The minimum atomic E-state index is -1.93. The van der Waals surface area contributed by atoms with E-state index in [2.05, 4.69) is 100 Å². The van der Waals surface area contributed by atoms with E-state index < -0.39 is 13.3 Å². The van der Waals surface area contributed by atoms with E-state index in [9.17, 15) is 0 Å². The fraction of sp³-hybridized carbons (Fsp3) is 0.300. The Labute approximate surface area is 204 Å². The third-order valence-corrected chi connectivity index (χ3v) is 12.7. The third-order valence-electron chi connectivity index (χ3n) is 6.80. The molecule has 1 nitrogen and oxygen atoms in total. The van der Waals surface area contributed by atoms with E-state index in [0.29, 0.717) is 0 Å². The van der Waals surface area contributed by atoms with Crippen LogP contribution in [0.5, 0.6) is 0 Å². The maximum absolute atomic E-state index is 4.94. The van der Waals surface area contributed by atoms with Gasteiger partial charge in [0.1, 0.15) is 0 Å². The van der Waals surface area contributed by atoms with Crippen molar-refractivity contribution in [3.05, 3.63) is 71.4 Å². The Kier molecular flexibility index (Phi) is 5.26. The third kappa shape index (κ3) is 3.81. The monoisotopic (exact) mass is 513 g/mol. The van der Waals surface area contributed by atoms with Gasteiger partial charge in [0, 0.05) is 0 Å². The van der Waals surface area contributed by atoms with Crippen LogP contribution in [0.15, 0.2) is 54.7 Å². The molecule has 3 heteroatoms. The molecule has 0 bridgehead atoms. The van der Waals surface area contributed by atoms with Gasteiger partial charge in [0.05, 0.1) is 0 Å². The first-order chi connectivity index (χ1) is 15.4. The number of aromatic nitrogens is 1. The van der Waals surface area contributed by atoms with Gasteiger partial charge in [-0.3, -0.25) is 0 Å². The van der Waals surface area contributed by atoms with Gasteiger partial charge in [-0.05, 0) is 6.92 Å². The fourth-order valence-corrected chi connectivity index (χ4v) is 10.5. The molecule has 0 saturated carbocycles. The molecule has 168 valence electrons. The topological polar surface area (TPSA) is 12.9 Å². The van der Waals surface area contributed by atoms with Crippen LogP contribution >= 0.6 is 11.3 Å². The number of nitrogens with zero attached hydrogens (tertiary/aromatic N) is 1. The van der Waals surface area contributed by atoms with Crippen LogP contribution in [0.1, 0.15) is 37.5 Å². The standard InChI is InChI=1S/C30H33GeNS/c1-18-9-10-20-16-21(17-25(24(20)15-18)30(3,4)5)27-29-23(13-14-32-27)22-11-12-26(31(6,7)8)19(2)28(22)33-29/h9-17H,1-8H3. The van der Waals surface area contributed by atoms with Crippen LogP contribution in [0, 0.1) is 13.8 Å². The summed E-state index contributed by atoms with van der Waals surface area (Å²) in [6.07, 6.45) is 1.99. The second kappa shape index (κ2) is 7.68. The van der Waals surface area contributed by atoms with Crippen molar-refractivity contribution in [3.63, 3.8) is 0 Å².